The molecule has 1 aliphatic carbocycles. The molecule has 0 heterocycles. The molecule has 0 aromatic rings. The second-order valence-corrected chi connectivity index (χ2v) is 4.00. The topological polar surface area (TPSA) is 89.3 Å². The van der Waals surface area contributed by atoms with Crippen LogP contribution in [0, 0.1) is 0 Å². The van der Waals surface area contributed by atoms with Crippen molar-refractivity contribution in [1.29, 1.82) is 0 Å². The molecule has 1 atom stereocenters. The van der Waals surface area contributed by atoms with Crippen LogP contribution in [-0.4, -0.2) is 23.7 Å². The smallest absolute Gasteiger partial charge is 0.320 e. The van der Waals surface area contributed by atoms with Gasteiger partial charge < -0.3 is 16.6 Å². The van der Waals surface area contributed by atoms with Gasteiger partial charge in [0.2, 0.25) is 0 Å². The minimum Gasteiger partial charge on any atom is -0.480 e. The van der Waals surface area contributed by atoms with Crippen molar-refractivity contribution >= 4 is 5.97 Å². The molecule has 0 saturated heterocycles. The zero-order valence-corrected chi connectivity index (χ0v) is 9.45. The first-order valence-corrected chi connectivity index (χ1v) is 5.87. The molecule has 15 heavy (non-hydrogen) atoms. The summed E-state index contributed by atoms with van der Waals surface area (Å²) in [7, 11) is 0. The van der Waals surface area contributed by atoms with Gasteiger partial charge in [-0.25, -0.2) is 0 Å². The van der Waals surface area contributed by atoms with E-state index in [-0.39, 0.29) is 0 Å². The van der Waals surface area contributed by atoms with E-state index in [1.54, 1.807) is 0 Å². The van der Waals surface area contributed by atoms with E-state index in [0.717, 1.165) is 0 Å². The Hall–Kier alpha value is -0.610. The fraction of sp³-hybridized carbons (Fsp3) is 0.909. The van der Waals surface area contributed by atoms with E-state index in [1.165, 1.54) is 38.5 Å². The van der Waals surface area contributed by atoms with E-state index in [1.807, 2.05) is 0 Å². The highest BCUT2D eigenvalue weighted by Gasteiger charge is 2.08. The molecular weight excluding hydrogens is 192 g/mol. The molecule has 0 bridgehead atoms. The Morgan fingerprint density at radius 1 is 1.13 bits per heavy atom. The summed E-state index contributed by atoms with van der Waals surface area (Å²) in [6.07, 6.45) is 10.1. The van der Waals surface area contributed by atoms with Gasteiger partial charge in [0.05, 0.1) is 0 Å². The van der Waals surface area contributed by atoms with Crippen LogP contribution in [0.4, 0.5) is 0 Å². The van der Waals surface area contributed by atoms with Gasteiger partial charge in [0, 0.05) is 0 Å². The van der Waals surface area contributed by atoms with Crippen LogP contribution in [0.2, 0.25) is 0 Å². The maximum absolute atomic E-state index is 10.0. The zero-order valence-electron chi connectivity index (χ0n) is 9.45. The number of hydrogen-bond acceptors (Lipinski definition) is 3. The SMILES string of the molecule is C1CCCCC1.NCCCC(N)C(=O)O. The van der Waals surface area contributed by atoms with Crippen LogP contribution in [-0.2, 0) is 4.79 Å². The molecule has 1 saturated carbocycles. The van der Waals surface area contributed by atoms with Gasteiger partial charge in [-0.05, 0) is 19.4 Å². The highest BCUT2D eigenvalue weighted by atomic mass is 16.4. The third-order valence-electron chi connectivity index (χ3n) is 2.54. The average Bonchev–Trinajstić information content (AvgIpc) is 2.29. The third kappa shape index (κ3) is 9.69. The predicted octanol–water partition coefficient (Wildman–Crippen LogP) is 1.48. The fourth-order valence-corrected chi connectivity index (χ4v) is 1.52. The summed E-state index contributed by atoms with van der Waals surface area (Å²) < 4.78 is 0. The first kappa shape index (κ1) is 14.4. The second kappa shape index (κ2) is 9.93. The summed E-state index contributed by atoms with van der Waals surface area (Å²) in [5, 5.41) is 8.24. The van der Waals surface area contributed by atoms with Crippen LogP contribution in [0.5, 0.6) is 0 Å². The van der Waals surface area contributed by atoms with E-state index in [2.05, 4.69) is 0 Å². The molecule has 5 N–H and O–H groups in total. The van der Waals surface area contributed by atoms with E-state index >= 15 is 0 Å². The normalized spacial score (nSPS) is 17.5. The van der Waals surface area contributed by atoms with E-state index in [0.29, 0.717) is 19.4 Å². The van der Waals surface area contributed by atoms with Crippen molar-refractivity contribution in [2.45, 2.75) is 57.4 Å². The average molecular weight is 216 g/mol. The molecule has 1 rings (SSSR count). The monoisotopic (exact) mass is 216 g/mol. The van der Waals surface area contributed by atoms with Crippen LogP contribution in [0.25, 0.3) is 0 Å². The Labute approximate surface area is 92.0 Å². The van der Waals surface area contributed by atoms with Crippen molar-refractivity contribution in [3.05, 3.63) is 0 Å². The molecule has 0 aliphatic heterocycles. The first-order valence-electron chi connectivity index (χ1n) is 5.87. The third-order valence-corrected chi connectivity index (χ3v) is 2.54. The molecule has 0 spiro atoms. The number of rotatable bonds is 4. The first-order chi connectivity index (χ1) is 7.18. The highest BCUT2D eigenvalue weighted by molar-refractivity contribution is 5.72. The molecule has 90 valence electrons. The fourth-order valence-electron chi connectivity index (χ4n) is 1.52. The number of nitrogens with two attached hydrogens (primary N) is 2. The lowest BCUT2D eigenvalue weighted by Crippen LogP contribution is -2.30. The quantitative estimate of drug-likeness (QED) is 0.664. The highest BCUT2D eigenvalue weighted by Crippen LogP contribution is 2.15. The summed E-state index contributed by atoms with van der Waals surface area (Å²) in [5.41, 5.74) is 10.3. The lowest BCUT2D eigenvalue weighted by molar-refractivity contribution is -0.138. The van der Waals surface area contributed by atoms with Crippen LogP contribution < -0.4 is 11.5 Å². The summed E-state index contributed by atoms with van der Waals surface area (Å²) in [5.74, 6) is -0.955. The molecule has 0 aromatic carbocycles. The van der Waals surface area contributed by atoms with Gasteiger partial charge in [-0.2, -0.15) is 0 Å². The van der Waals surface area contributed by atoms with E-state index in [4.69, 9.17) is 16.6 Å². The van der Waals surface area contributed by atoms with Gasteiger partial charge in [0.15, 0.2) is 0 Å². The Bertz CT molecular complexity index is 147. The number of aliphatic carboxylic acids is 1. The largest absolute Gasteiger partial charge is 0.480 e. The van der Waals surface area contributed by atoms with Crippen LogP contribution in [0.3, 0.4) is 0 Å². The molecule has 4 nitrogen and oxygen atoms in total. The Morgan fingerprint density at radius 3 is 1.80 bits per heavy atom. The van der Waals surface area contributed by atoms with Gasteiger partial charge in [-0.15, -0.1) is 0 Å². The van der Waals surface area contributed by atoms with Crippen molar-refractivity contribution in [1.82, 2.24) is 0 Å². The molecule has 0 aromatic heterocycles. The predicted molar refractivity (Wildman–Crippen MR) is 61.6 cm³/mol. The van der Waals surface area contributed by atoms with Crippen molar-refractivity contribution in [3.8, 4) is 0 Å². The van der Waals surface area contributed by atoms with Crippen molar-refractivity contribution in [2.75, 3.05) is 6.54 Å². The molecule has 1 fully saturated rings. The minimum absolute atomic E-state index is 0.464. The van der Waals surface area contributed by atoms with Gasteiger partial charge in [0.1, 0.15) is 6.04 Å². The van der Waals surface area contributed by atoms with Gasteiger partial charge in [-0.1, -0.05) is 38.5 Å². The van der Waals surface area contributed by atoms with Crippen molar-refractivity contribution in [2.24, 2.45) is 11.5 Å². The summed E-state index contributed by atoms with van der Waals surface area (Å²) in [6.45, 7) is 0.501. The van der Waals surface area contributed by atoms with Gasteiger partial charge in [0.25, 0.3) is 0 Å². The number of hydrogen-bond donors (Lipinski definition) is 3. The van der Waals surface area contributed by atoms with Crippen molar-refractivity contribution in [3.63, 3.8) is 0 Å². The Kier molecular flexibility index (Phi) is 9.52. The number of carboxylic acid groups (broad SMARTS) is 1. The van der Waals surface area contributed by atoms with E-state index < -0.39 is 12.0 Å². The summed E-state index contributed by atoms with van der Waals surface area (Å²) in [6, 6.07) is -0.742. The second-order valence-electron chi connectivity index (χ2n) is 4.00. The number of carboxylic acids is 1. The zero-order chi connectivity index (χ0) is 11.5. The summed E-state index contributed by atoms with van der Waals surface area (Å²) in [4.78, 5) is 10.0. The molecule has 1 aliphatic rings. The standard InChI is InChI=1S/C6H12.C5H12N2O2/c1-2-4-6-5-3-1;6-3-1-2-4(7)5(8)9/h1-6H2;4H,1-3,6-7H2,(H,8,9). The maximum atomic E-state index is 10.0. The Morgan fingerprint density at radius 2 is 1.53 bits per heavy atom. The Balaban J connectivity index is 0.000000280. The van der Waals surface area contributed by atoms with Crippen molar-refractivity contribution < 1.29 is 9.90 Å². The number of carbonyl (C=O) groups is 1. The minimum atomic E-state index is -0.955. The lowest BCUT2D eigenvalue weighted by atomic mass is 10.0. The molecular formula is C11H24N2O2. The van der Waals surface area contributed by atoms with Crippen LogP contribution in [0.15, 0.2) is 0 Å². The van der Waals surface area contributed by atoms with Gasteiger partial charge >= 0.3 is 5.97 Å². The summed E-state index contributed by atoms with van der Waals surface area (Å²) >= 11 is 0. The maximum Gasteiger partial charge on any atom is 0.320 e. The van der Waals surface area contributed by atoms with Crippen LogP contribution >= 0.6 is 0 Å². The molecule has 0 radical (unpaired) electrons. The van der Waals surface area contributed by atoms with Crippen LogP contribution in [0.1, 0.15) is 51.4 Å². The lowest BCUT2D eigenvalue weighted by Gasteiger charge is -2.05. The molecule has 1 unspecified atom stereocenters. The molecule has 0 amide bonds. The van der Waals surface area contributed by atoms with Gasteiger partial charge in [-0.3, -0.25) is 4.79 Å². The van der Waals surface area contributed by atoms with E-state index in [9.17, 15) is 4.79 Å². The molecule has 4 heteroatoms.